The van der Waals surface area contributed by atoms with Crippen molar-refractivity contribution in [3.05, 3.63) is 24.3 Å². The molecule has 1 atom stereocenters. The zero-order chi connectivity index (χ0) is 19.6. The molecule has 28 heavy (non-hydrogen) atoms. The first-order valence-corrected chi connectivity index (χ1v) is 9.53. The highest BCUT2D eigenvalue weighted by Gasteiger charge is 2.17. The van der Waals surface area contributed by atoms with Crippen LogP contribution in [0.1, 0.15) is 32.6 Å². The summed E-state index contributed by atoms with van der Waals surface area (Å²) in [4.78, 5) is 17.8. The largest absolute Gasteiger partial charge is 0.497 e. The van der Waals surface area contributed by atoms with Crippen LogP contribution in [0.4, 0.5) is 0 Å². The summed E-state index contributed by atoms with van der Waals surface area (Å²) in [6.45, 7) is 2.69. The van der Waals surface area contributed by atoms with Crippen LogP contribution in [0.15, 0.2) is 29.3 Å². The quantitative estimate of drug-likeness (QED) is 0.324. The lowest BCUT2D eigenvalue weighted by Gasteiger charge is -2.21. The van der Waals surface area contributed by atoms with E-state index in [2.05, 4.69) is 15.6 Å². The Labute approximate surface area is 185 Å². The van der Waals surface area contributed by atoms with Crippen LogP contribution in [-0.2, 0) is 4.79 Å². The number of hydrogen-bond acceptors (Lipinski definition) is 4. The normalized spacial score (nSPS) is 15.4. The Bertz CT molecular complexity index is 634. The van der Waals surface area contributed by atoms with E-state index >= 15 is 0 Å². The average molecular weight is 504 g/mol. The Balaban J connectivity index is 0.00000392. The molecule has 1 aliphatic carbocycles. The van der Waals surface area contributed by atoms with E-state index in [0.717, 1.165) is 24.3 Å². The minimum atomic E-state index is -0.0720. The Kier molecular flexibility index (Phi) is 11.0. The van der Waals surface area contributed by atoms with Crippen LogP contribution >= 0.6 is 24.0 Å². The highest BCUT2D eigenvalue weighted by molar-refractivity contribution is 14.0. The van der Waals surface area contributed by atoms with Gasteiger partial charge in [-0.25, -0.2) is 4.99 Å². The predicted octanol–water partition coefficient (Wildman–Crippen LogP) is 2.65. The van der Waals surface area contributed by atoms with Gasteiger partial charge in [-0.05, 0) is 31.9 Å². The highest BCUT2D eigenvalue weighted by Crippen LogP contribution is 2.20. The van der Waals surface area contributed by atoms with Crippen molar-refractivity contribution in [3.8, 4) is 11.5 Å². The summed E-state index contributed by atoms with van der Waals surface area (Å²) in [5.74, 6) is 2.16. The van der Waals surface area contributed by atoms with Gasteiger partial charge in [0.15, 0.2) is 5.96 Å². The second-order valence-corrected chi connectivity index (χ2v) is 7.07. The van der Waals surface area contributed by atoms with E-state index in [1.165, 1.54) is 12.8 Å². The van der Waals surface area contributed by atoms with Crippen molar-refractivity contribution in [2.75, 3.05) is 34.3 Å². The summed E-state index contributed by atoms with van der Waals surface area (Å²) >= 11 is 0. The van der Waals surface area contributed by atoms with Crippen LogP contribution in [0.2, 0.25) is 0 Å². The number of hydrogen-bond donors (Lipinski definition) is 2. The standard InChI is InChI=1S/C20H32N4O3.HI/c1-15(27-18-11-7-10-17(12-18)26-4)13-21-20(22-14-19(25)24(2)3)23-16-8-5-6-9-16;/h7,10-12,15-16H,5-6,8-9,13-14H2,1-4H3,(H2,21,22,23);1H. The molecule has 0 spiro atoms. The van der Waals surface area contributed by atoms with Crippen molar-refractivity contribution >= 4 is 35.8 Å². The molecule has 7 nitrogen and oxygen atoms in total. The monoisotopic (exact) mass is 504 g/mol. The van der Waals surface area contributed by atoms with Crippen LogP contribution in [0.5, 0.6) is 11.5 Å². The topological polar surface area (TPSA) is 75.2 Å². The third kappa shape index (κ3) is 8.53. The smallest absolute Gasteiger partial charge is 0.243 e. The molecule has 158 valence electrons. The third-order valence-corrected chi connectivity index (χ3v) is 4.50. The summed E-state index contributed by atoms with van der Waals surface area (Å²) in [6.07, 6.45) is 4.67. The van der Waals surface area contributed by atoms with Gasteiger partial charge in [-0.1, -0.05) is 18.9 Å². The second-order valence-electron chi connectivity index (χ2n) is 7.07. The van der Waals surface area contributed by atoms with Gasteiger partial charge in [0.1, 0.15) is 24.1 Å². The molecule has 1 aromatic carbocycles. The summed E-state index contributed by atoms with van der Waals surface area (Å²) in [5.41, 5.74) is 0. The number of carbonyl (C=O) groups is 1. The van der Waals surface area contributed by atoms with Crippen molar-refractivity contribution in [3.63, 3.8) is 0 Å². The molecule has 1 saturated carbocycles. The molecule has 1 unspecified atom stereocenters. The molecule has 0 aliphatic heterocycles. The molecule has 1 aliphatic rings. The van der Waals surface area contributed by atoms with Gasteiger partial charge in [0.05, 0.1) is 13.7 Å². The third-order valence-electron chi connectivity index (χ3n) is 4.50. The number of benzene rings is 1. The van der Waals surface area contributed by atoms with Crippen LogP contribution in [0, 0.1) is 0 Å². The molecule has 1 amide bonds. The first-order chi connectivity index (χ1) is 13.0. The number of methoxy groups -OCH3 is 1. The molecular weight excluding hydrogens is 471 g/mol. The van der Waals surface area contributed by atoms with E-state index in [-0.39, 0.29) is 42.5 Å². The molecule has 1 aromatic rings. The van der Waals surface area contributed by atoms with E-state index in [0.29, 0.717) is 18.5 Å². The number of ether oxygens (including phenoxy) is 2. The van der Waals surface area contributed by atoms with Crippen LogP contribution in [0.25, 0.3) is 0 Å². The summed E-state index contributed by atoms with van der Waals surface area (Å²) in [6, 6.07) is 7.96. The molecule has 0 heterocycles. The molecule has 1 fully saturated rings. The number of halogens is 1. The molecule has 0 saturated heterocycles. The number of amides is 1. The number of nitrogens with one attached hydrogen (secondary N) is 2. The van der Waals surface area contributed by atoms with E-state index in [1.807, 2.05) is 31.2 Å². The first kappa shape index (κ1) is 24.3. The van der Waals surface area contributed by atoms with E-state index < -0.39 is 0 Å². The average Bonchev–Trinajstić information content (AvgIpc) is 3.16. The number of likely N-dealkylation sites (N-methyl/N-ethyl adjacent to an activating group) is 1. The number of carbonyl (C=O) groups excluding carboxylic acids is 1. The van der Waals surface area contributed by atoms with E-state index in [9.17, 15) is 4.79 Å². The summed E-state index contributed by atoms with van der Waals surface area (Å²) in [5, 5.41) is 6.74. The number of aliphatic imine (C=N–C) groups is 1. The zero-order valence-corrected chi connectivity index (χ0v) is 19.6. The molecule has 2 rings (SSSR count). The van der Waals surface area contributed by atoms with Crippen LogP contribution in [-0.4, -0.2) is 63.2 Å². The van der Waals surface area contributed by atoms with Gasteiger partial charge in [0.25, 0.3) is 0 Å². The fraction of sp³-hybridized carbons (Fsp3) is 0.600. The van der Waals surface area contributed by atoms with Crippen molar-refractivity contribution in [1.29, 1.82) is 0 Å². The fourth-order valence-corrected chi connectivity index (χ4v) is 2.89. The maximum Gasteiger partial charge on any atom is 0.243 e. The molecule has 2 N–H and O–H groups in total. The minimum Gasteiger partial charge on any atom is -0.497 e. The van der Waals surface area contributed by atoms with Gasteiger partial charge in [0.2, 0.25) is 5.91 Å². The number of rotatable bonds is 8. The van der Waals surface area contributed by atoms with Gasteiger partial charge < -0.3 is 25.0 Å². The lowest BCUT2D eigenvalue weighted by molar-refractivity contribution is -0.127. The molecule has 0 aromatic heterocycles. The fourth-order valence-electron chi connectivity index (χ4n) is 2.89. The zero-order valence-electron chi connectivity index (χ0n) is 17.2. The van der Waals surface area contributed by atoms with Crippen molar-refractivity contribution in [2.24, 2.45) is 4.99 Å². The minimum absolute atomic E-state index is 0. The van der Waals surface area contributed by atoms with Crippen molar-refractivity contribution < 1.29 is 14.3 Å². The lowest BCUT2D eigenvalue weighted by Crippen LogP contribution is -2.46. The number of guanidine groups is 1. The van der Waals surface area contributed by atoms with E-state index in [4.69, 9.17) is 9.47 Å². The summed E-state index contributed by atoms with van der Waals surface area (Å²) < 4.78 is 11.2. The number of nitrogens with zero attached hydrogens (tertiary/aromatic N) is 2. The van der Waals surface area contributed by atoms with Crippen molar-refractivity contribution in [1.82, 2.24) is 15.5 Å². The maximum atomic E-state index is 11.9. The Morgan fingerprint density at radius 2 is 1.96 bits per heavy atom. The van der Waals surface area contributed by atoms with Gasteiger partial charge >= 0.3 is 0 Å². The highest BCUT2D eigenvalue weighted by atomic mass is 127. The molecule has 8 heteroatoms. The van der Waals surface area contributed by atoms with Crippen LogP contribution < -0.4 is 20.1 Å². The van der Waals surface area contributed by atoms with Gasteiger partial charge in [-0.3, -0.25) is 4.79 Å². The molecular formula is C20H33IN4O3. The lowest BCUT2D eigenvalue weighted by atomic mass is 10.2. The predicted molar refractivity (Wildman–Crippen MR) is 123 cm³/mol. The maximum absolute atomic E-state index is 11.9. The Morgan fingerprint density at radius 1 is 1.29 bits per heavy atom. The molecule has 0 bridgehead atoms. The summed E-state index contributed by atoms with van der Waals surface area (Å²) in [7, 11) is 5.11. The first-order valence-electron chi connectivity index (χ1n) is 9.53. The van der Waals surface area contributed by atoms with Gasteiger partial charge in [-0.2, -0.15) is 0 Å². The Morgan fingerprint density at radius 3 is 2.61 bits per heavy atom. The molecule has 0 radical (unpaired) electrons. The van der Waals surface area contributed by atoms with Gasteiger partial charge in [0, 0.05) is 26.2 Å². The van der Waals surface area contributed by atoms with Crippen LogP contribution in [0.3, 0.4) is 0 Å². The van der Waals surface area contributed by atoms with Crippen molar-refractivity contribution in [2.45, 2.75) is 44.8 Å². The van der Waals surface area contributed by atoms with E-state index in [1.54, 1.807) is 26.1 Å². The van der Waals surface area contributed by atoms with Gasteiger partial charge in [-0.15, -0.1) is 24.0 Å². The Hall–Kier alpha value is -1.71. The SMILES string of the molecule is COc1cccc(OC(C)CNC(=NCC(=O)N(C)C)NC2CCCC2)c1.I. The second kappa shape index (κ2) is 12.7.